The van der Waals surface area contributed by atoms with Gasteiger partial charge in [0.1, 0.15) is 18.2 Å². The van der Waals surface area contributed by atoms with Gasteiger partial charge in [-0.25, -0.2) is 0 Å². The van der Waals surface area contributed by atoms with E-state index in [2.05, 4.69) is 0 Å². The second-order valence-electron chi connectivity index (χ2n) is 5.04. The monoisotopic (exact) mass is 276 g/mol. The molecule has 0 saturated carbocycles. The number of ether oxygens (including phenoxy) is 1. The first-order chi connectivity index (χ1) is 9.40. The Morgan fingerprint density at radius 3 is 2.55 bits per heavy atom. The highest BCUT2D eigenvalue weighted by Gasteiger charge is 2.16. The largest absolute Gasteiger partial charge is 0.461 e. The van der Waals surface area contributed by atoms with Gasteiger partial charge in [-0.1, -0.05) is 20.8 Å². The maximum absolute atomic E-state index is 12.1. The number of carbonyl (C=O) groups excluding carboxylic acids is 1. The molecule has 0 N–H and O–H groups in total. The van der Waals surface area contributed by atoms with Crippen molar-refractivity contribution in [3.8, 4) is 6.07 Å². The third-order valence-electron chi connectivity index (χ3n) is 3.11. The van der Waals surface area contributed by atoms with Crippen molar-refractivity contribution in [2.24, 2.45) is 0 Å². The molecule has 0 aliphatic rings. The lowest BCUT2D eigenvalue weighted by Crippen LogP contribution is -2.31. The maximum Gasteiger partial charge on any atom is 0.326 e. The lowest BCUT2D eigenvalue weighted by atomic mass is 10.1. The molecule has 5 nitrogen and oxygen atoms in total. The van der Waals surface area contributed by atoms with Crippen LogP contribution < -0.4 is 5.56 Å². The van der Waals surface area contributed by atoms with Gasteiger partial charge in [-0.05, 0) is 31.4 Å². The minimum atomic E-state index is -0.460. The van der Waals surface area contributed by atoms with Crippen molar-refractivity contribution in [2.75, 3.05) is 0 Å². The number of nitriles is 1. The van der Waals surface area contributed by atoms with Crippen LogP contribution in [0.15, 0.2) is 16.9 Å². The van der Waals surface area contributed by atoms with Crippen molar-refractivity contribution in [1.82, 2.24) is 4.57 Å². The zero-order valence-electron chi connectivity index (χ0n) is 12.3. The van der Waals surface area contributed by atoms with Crippen LogP contribution >= 0.6 is 0 Å². The molecule has 108 valence electrons. The van der Waals surface area contributed by atoms with E-state index in [0.29, 0.717) is 0 Å². The van der Waals surface area contributed by atoms with Crippen LogP contribution in [0.3, 0.4) is 0 Å². The van der Waals surface area contributed by atoms with Crippen molar-refractivity contribution >= 4 is 5.97 Å². The van der Waals surface area contributed by atoms with Crippen molar-refractivity contribution in [1.29, 1.82) is 5.26 Å². The minimum Gasteiger partial charge on any atom is -0.461 e. The lowest BCUT2D eigenvalue weighted by Gasteiger charge is -2.17. The molecule has 0 saturated heterocycles. The number of esters is 1. The van der Waals surface area contributed by atoms with E-state index < -0.39 is 11.5 Å². The summed E-state index contributed by atoms with van der Waals surface area (Å²) < 4.78 is 6.51. The van der Waals surface area contributed by atoms with Gasteiger partial charge in [0.15, 0.2) is 0 Å². The minimum absolute atomic E-state index is 0.0331. The first kappa shape index (κ1) is 16.0. The third kappa shape index (κ3) is 3.70. The van der Waals surface area contributed by atoms with Crippen LogP contribution in [0.5, 0.6) is 0 Å². The van der Waals surface area contributed by atoms with Crippen LogP contribution in [0.1, 0.15) is 51.3 Å². The topological polar surface area (TPSA) is 72.1 Å². The summed E-state index contributed by atoms with van der Waals surface area (Å²) in [5.74, 6) is -0.384. The maximum atomic E-state index is 12.1. The summed E-state index contributed by atoms with van der Waals surface area (Å²) in [6.45, 7) is 7.41. The summed E-state index contributed by atoms with van der Waals surface area (Å²) in [6, 6.07) is 5.05. The van der Waals surface area contributed by atoms with E-state index in [4.69, 9.17) is 10.00 Å². The molecule has 0 radical (unpaired) electrons. The molecule has 0 aliphatic heterocycles. The molecule has 1 atom stereocenters. The van der Waals surface area contributed by atoms with Gasteiger partial charge in [0.2, 0.25) is 0 Å². The Morgan fingerprint density at radius 2 is 2.05 bits per heavy atom. The SMILES string of the molecule is CCC(C)OC(=O)Cn1c(C(C)C)ccc(C#N)c1=O. The Bertz CT molecular complexity index is 582. The summed E-state index contributed by atoms with van der Waals surface area (Å²) in [5, 5.41) is 8.91. The summed E-state index contributed by atoms with van der Waals surface area (Å²) in [6.07, 6.45) is 0.537. The summed E-state index contributed by atoms with van der Waals surface area (Å²) >= 11 is 0. The molecular weight excluding hydrogens is 256 g/mol. The van der Waals surface area contributed by atoms with E-state index in [0.717, 1.165) is 12.1 Å². The number of aromatic nitrogens is 1. The van der Waals surface area contributed by atoms with Gasteiger partial charge in [-0.15, -0.1) is 0 Å². The van der Waals surface area contributed by atoms with Crippen LogP contribution in [-0.2, 0) is 16.1 Å². The van der Waals surface area contributed by atoms with Gasteiger partial charge in [0.05, 0.1) is 6.10 Å². The fraction of sp³-hybridized carbons (Fsp3) is 0.533. The Balaban J connectivity index is 3.12. The van der Waals surface area contributed by atoms with Crippen molar-refractivity contribution < 1.29 is 9.53 Å². The van der Waals surface area contributed by atoms with E-state index in [-0.39, 0.29) is 24.1 Å². The van der Waals surface area contributed by atoms with E-state index in [1.807, 2.05) is 26.8 Å². The average molecular weight is 276 g/mol. The van der Waals surface area contributed by atoms with Crippen LogP contribution in [0.4, 0.5) is 0 Å². The Labute approximate surface area is 118 Å². The van der Waals surface area contributed by atoms with Crippen LogP contribution in [0.2, 0.25) is 0 Å². The summed E-state index contributed by atoms with van der Waals surface area (Å²) in [5.41, 5.74) is 0.306. The number of pyridine rings is 1. The standard InChI is InChI=1S/C15H20N2O3/c1-5-11(4)20-14(18)9-17-13(10(2)3)7-6-12(8-16)15(17)19/h6-7,10-11H,5,9H2,1-4H3. The van der Waals surface area contributed by atoms with E-state index in [1.54, 1.807) is 13.0 Å². The van der Waals surface area contributed by atoms with Gasteiger partial charge in [0, 0.05) is 5.69 Å². The third-order valence-corrected chi connectivity index (χ3v) is 3.11. The number of hydrogen-bond donors (Lipinski definition) is 0. The zero-order valence-corrected chi connectivity index (χ0v) is 12.3. The fourth-order valence-corrected chi connectivity index (χ4v) is 1.82. The normalized spacial score (nSPS) is 12.0. The number of hydrogen-bond acceptors (Lipinski definition) is 4. The van der Waals surface area contributed by atoms with E-state index in [9.17, 15) is 9.59 Å². The van der Waals surface area contributed by atoms with Crippen LogP contribution in [0, 0.1) is 11.3 Å². The van der Waals surface area contributed by atoms with E-state index >= 15 is 0 Å². The Kier molecular flexibility index (Phi) is 5.51. The number of carbonyl (C=O) groups is 1. The molecule has 1 aromatic rings. The van der Waals surface area contributed by atoms with Gasteiger partial charge >= 0.3 is 5.97 Å². The first-order valence-electron chi connectivity index (χ1n) is 6.74. The second-order valence-corrected chi connectivity index (χ2v) is 5.04. The molecule has 20 heavy (non-hydrogen) atoms. The summed E-state index contributed by atoms with van der Waals surface area (Å²) in [7, 11) is 0. The summed E-state index contributed by atoms with van der Waals surface area (Å²) in [4.78, 5) is 24.0. The van der Waals surface area contributed by atoms with Crippen LogP contribution in [-0.4, -0.2) is 16.6 Å². The van der Waals surface area contributed by atoms with Gasteiger partial charge in [-0.2, -0.15) is 5.26 Å². The number of rotatable bonds is 5. The highest BCUT2D eigenvalue weighted by atomic mass is 16.5. The molecule has 0 bridgehead atoms. The lowest BCUT2D eigenvalue weighted by molar-refractivity contribution is -0.149. The highest BCUT2D eigenvalue weighted by Crippen LogP contribution is 2.13. The Morgan fingerprint density at radius 1 is 1.40 bits per heavy atom. The van der Waals surface area contributed by atoms with Crippen molar-refractivity contribution in [3.05, 3.63) is 33.7 Å². The number of nitrogens with zero attached hydrogens (tertiary/aromatic N) is 2. The van der Waals surface area contributed by atoms with Crippen molar-refractivity contribution in [2.45, 2.75) is 52.7 Å². The molecular formula is C15H20N2O3. The average Bonchev–Trinajstić information content (AvgIpc) is 2.40. The molecule has 0 fully saturated rings. The fourth-order valence-electron chi connectivity index (χ4n) is 1.82. The Hall–Kier alpha value is -2.09. The molecule has 1 unspecified atom stereocenters. The molecule has 5 heteroatoms. The molecule has 0 spiro atoms. The van der Waals surface area contributed by atoms with Gasteiger partial charge in [-0.3, -0.25) is 9.59 Å². The van der Waals surface area contributed by atoms with Gasteiger partial charge < -0.3 is 9.30 Å². The molecule has 0 aliphatic carbocycles. The second kappa shape index (κ2) is 6.90. The molecule has 0 amide bonds. The first-order valence-corrected chi connectivity index (χ1v) is 6.74. The molecule has 1 rings (SSSR count). The smallest absolute Gasteiger partial charge is 0.326 e. The molecule has 0 aromatic carbocycles. The quantitative estimate of drug-likeness (QED) is 0.773. The zero-order chi connectivity index (χ0) is 15.3. The van der Waals surface area contributed by atoms with Gasteiger partial charge in [0.25, 0.3) is 5.56 Å². The predicted octanol–water partition coefficient (Wildman–Crippen LogP) is 2.19. The molecule has 1 heterocycles. The predicted molar refractivity (Wildman–Crippen MR) is 75.4 cm³/mol. The molecule has 1 aromatic heterocycles. The van der Waals surface area contributed by atoms with Crippen LogP contribution in [0.25, 0.3) is 0 Å². The highest BCUT2D eigenvalue weighted by molar-refractivity contribution is 5.69. The van der Waals surface area contributed by atoms with E-state index in [1.165, 1.54) is 10.6 Å². The van der Waals surface area contributed by atoms with Crippen molar-refractivity contribution in [3.63, 3.8) is 0 Å².